The summed E-state index contributed by atoms with van der Waals surface area (Å²) < 4.78 is 31.2. The molecule has 0 bridgehead atoms. The number of methoxy groups -OCH3 is 1. The number of carboxylic acid groups (broad SMARTS) is 1. The Morgan fingerprint density at radius 2 is 1.96 bits per heavy atom. The van der Waals surface area contributed by atoms with E-state index in [9.17, 15) is 23.1 Å². The Labute approximate surface area is 141 Å². The fourth-order valence-electron chi connectivity index (χ4n) is 2.18. The van der Waals surface area contributed by atoms with E-state index in [1.807, 2.05) is 0 Å². The van der Waals surface area contributed by atoms with E-state index in [0.717, 1.165) is 6.07 Å². The average molecular weight is 358 g/mol. The second-order valence-electron chi connectivity index (χ2n) is 5.41. The van der Waals surface area contributed by atoms with Crippen molar-refractivity contribution in [3.8, 4) is 5.75 Å². The van der Waals surface area contributed by atoms with Crippen molar-refractivity contribution < 1.29 is 27.9 Å². The van der Waals surface area contributed by atoms with Crippen LogP contribution in [0.4, 0.5) is 0 Å². The Hall–Kier alpha value is -2.13. The molecule has 0 aliphatic carbocycles. The molecule has 0 aromatic heterocycles. The van der Waals surface area contributed by atoms with Crippen molar-refractivity contribution in [2.75, 3.05) is 14.2 Å². The number of nitrogens with one attached hydrogen (secondary N) is 2. The maximum Gasteiger partial charge on any atom is 0.329 e. The number of amides is 1. The molecule has 1 rings (SSSR count). The number of aliphatic carboxylic acids is 1. The molecular weight excluding hydrogens is 336 g/mol. The van der Waals surface area contributed by atoms with Gasteiger partial charge >= 0.3 is 5.97 Å². The molecule has 134 valence electrons. The van der Waals surface area contributed by atoms with Gasteiger partial charge in [0.1, 0.15) is 16.2 Å². The van der Waals surface area contributed by atoms with Crippen LogP contribution in [0.25, 0.3) is 0 Å². The van der Waals surface area contributed by atoms with Crippen molar-refractivity contribution >= 4 is 21.9 Å². The number of rotatable bonds is 8. The highest BCUT2D eigenvalue weighted by molar-refractivity contribution is 7.89. The standard InChI is InChI=1S/C15H22N2O6S/c1-5-8-15(2,14(19)20)17-13(18)10-6-7-11(23-4)12(9-10)24(21,22)16-3/h6-7,9,16H,5,8H2,1-4H3,(H,17,18)(H,19,20). The largest absolute Gasteiger partial charge is 0.495 e. The summed E-state index contributed by atoms with van der Waals surface area (Å²) in [4.78, 5) is 23.6. The van der Waals surface area contributed by atoms with Crippen LogP contribution >= 0.6 is 0 Å². The van der Waals surface area contributed by atoms with Crippen LogP contribution in [-0.2, 0) is 14.8 Å². The van der Waals surface area contributed by atoms with Crippen LogP contribution in [0.3, 0.4) is 0 Å². The summed E-state index contributed by atoms with van der Waals surface area (Å²) in [5, 5.41) is 11.8. The van der Waals surface area contributed by atoms with Gasteiger partial charge in [-0.05, 0) is 38.6 Å². The highest BCUT2D eigenvalue weighted by Gasteiger charge is 2.34. The van der Waals surface area contributed by atoms with Gasteiger partial charge in [0.2, 0.25) is 10.0 Å². The zero-order valence-electron chi connectivity index (χ0n) is 14.0. The summed E-state index contributed by atoms with van der Waals surface area (Å²) in [6.07, 6.45) is 0.803. The molecule has 0 fully saturated rings. The van der Waals surface area contributed by atoms with E-state index in [1.165, 1.54) is 33.2 Å². The molecule has 0 aliphatic rings. The number of carboxylic acids is 1. The third kappa shape index (κ3) is 4.24. The van der Waals surface area contributed by atoms with E-state index in [0.29, 0.717) is 6.42 Å². The van der Waals surface area contributed by atoms with Gasteiger partial charge in [-0.25, -0.2) is 17.9 Å². The molecule has 1 aromatic rings. The Morgan fingerprint density at radius 3 is 2.42 bits per heavy atom. The molecule has 0 saturated heterocycles. The fraction of sp³-hybridized carbons (Fsp3) is 0.467. The van der Waals surface area contributed by atoms with Crippen molar-refractivity contribution in [3.63, 3.8) is 0 Å². The summed E-state index contributed by atoms with van der Waals surface area (Å²) in [5.74, 6) is -1.76. The summed E-state index contributed by atoms with van der Waals surface area (Å²) in [6, 6.07) is 3.86. The number of sulfonamides is 1. The van der Waals surface area contributed by atoms with Crippen molar-refractivity contribution in [1.29, 1.82) is 0 Å². The number of ether oxygens (including phenoxy) is 1. The molecule has 1 amide bonds. The van der Waals surface area contributed by atoms with Crippen molar-refractivity contribution in [2.24, 2.45) is 0 Å². The van der Waals surface area contributed by atoms with E-state index in [1.54, 1.807) is 6.92 Å². The van der Waals surface area contributed by atoms with Crippen LogP contribution in [-0.4, -0.2) is 45.1 Å². The quantitative estimate of drug-likeness (QED) is 0.637. The Morgan fingerprint density at radius 1 is 1.33 bits per heavy atom. The summed E-state index contributed by atoms with van der Waals surface area (Å²) in [6.45, 7) is 3.21. The van der Waals surface area contributed by atoms with Gasteiger partial charge in [-0.2, -0.15) is 0 Å². The Kier molecular flexibility index (Phi) is 6.33. The second-order valence-corrected chi connectivity index (χ2v) is 7.27. The Balaban J connectivity index is 3.26. The number of hydrogen-bond donors (Lipinski definition) is 3. The van der Waals surface area contributed by atoms with Gasteiger partial charge in [-0.15, -0.1) is 0 Å². The molecule has 0 saturated carbocycles. The first-order valence-electron chi connectivity index (χ1n) is 7.28. The molecule has 1 aromatic carbocycles. The minimum atomic E-state index is -3.84. The van der Waals surface area contributed by atoms with E-state index in [2.05, 4.69) is 10.0 Å². The first kappa shape index (κ1) is 19.9. The predicted molar refractivity (Wildman–Crippen MR) is 87.7 cm³/mol. The van der Waals surface area contributed by atoms with Crippen LogP contribution in [0.15, 0.2) is 23.1 Å². The summed E-state index contributed by atoms with van der Waals surface area (Å²) in [7, 11) is -1.29. The lowest BCUT2D eigenvalue weighted by Crippen LogP contribution is -2.52. The minimum Gasteiger partial charge on any atom is -0.495 e. The van der Waals surface area contributed by atoms with Crippen LogP contribution in [0.2, 0.25) is 0 Å². The Bertz CT molecular complexity index is 731. The van der Waals surface area contributed by atoms with Crippen molar-refractivity contribution in [2.45, 2.75) is 37.1 Å². The van der Waals surface area contributed by atoms with Crippen LogP contribution in [0.5, 0.6) is 5.75 Å². The van der Waals surface area contributed by atoms with Gasteiger partial charge < -0.3 is 15.2 Å². The van der Waals surface area contributed by atoms with Crippen LogP contribution in [0.1, 0.15) is 37.0 Å². The number of benzene rings is 1. The summed E-state index contributed by atoms with van der Waals surface area (Å²) in [5.41, 5.74) is -1.42. The van der Waals surface area contributed by atoms with Crippen molar-refractivity contribution in [1.82, 2.24) is 10.0 Å². The van der Waals surface area contributed by atoms with Crippen LogP contribution < -0.4 is 14.8 Å². The highest BCUT2D eigenvalue weighted by Crippen LogP contribution is 2.25. The molecular formula is C15H22N2O6S. The first-order chi connectivity index (χ1) is 11.1. The molecule has 24 heavy (non-hydrogen) atoms. The lowest BCUT2D eigenvalue weighted by molar-refractivity contribution is -0.144. The molecule has 0 spiro atoms. The van der Waals surface area contributed by atoms with Gasteiger partial charge in [0, 0.05) is 5.56 Å². The average Bonchev–Trinajstić information content (AvgIpc) is 2.54. The molecule has 0 heterocycles. The molecule has 9 heteroatoms. The molecule has 8 nitrogen and oxygen atoms in total. The van der Waals surface area contributed by atoms with Gasteiger partial charge in [0.05, 0.1) is 7.11 Å². The molecule has 1 atom stereocenters. The monoisotopic (exact) mass is 358 g/mol. The van der Waals surface area contributed by atoms with Gasteiger partial charge in [0.15, 0.2) is 0 Å². The molecule has 1 unspecified atom stereocenters. The van der Waals surface area contributed by atoms with Crippen LogP contribution in [0, 0.1) is 0 Å². The van der Waals surface area contributed by atoms with E-state index >= 15 is 0 Å². The maximum atomic E-state index is 12.4. The summed E-state index contributed by atoms with van der Waals surface area (Å²) >= 11 is 0. The number of carbonyl (C=O) groups is 2. The predicted octanol–water partition coefficient (Wildman–Crippen LogP) is 0.976. The molecule has 3 N–H and O–H groups in total. The topological polar surface area (TPSA) is 122 Å². The zero-order chi connectivity index (χ0) is 18.5. The molecule has 0 radical (unpaired) electrons. The first-order valence-corrected chi connectivity index (χ1v) is 8.77. The lowest BCUT2D eigenvalue weighted by Gasteiger charge is -2.26. The SMILES string of the molecule is CCCC(C)(NC(=O)c1ccc(OC)c(S(=O)(=O)NC)c1)C(=O)O. The number of carbonyl (C=O) groups excluding carboxylic acids is 1. The lowest BCUT2D eigenvalue weighted by atomic mass is 9.95. The minimum absolute atomic E-state index is 0.0215. The van der Waals surface area contributed by atoms with Crippen molar-refractivity contribution in [3.05, 3.63) is 23.8 Å². The zero-order valence-corrected chi connectivity index (χ0v) is 14.9. The smallest absolute Gasteiger partial charge is 0.329 e. The fourth-order valence-corrected chi connectivity index (χ4v) is 3.10. The van der Waals surface area contributed by atoms with E-state index in [-0.39, 0.29) is 22.6 Å². The van der Waals surface area contributed by atoms with E-state index in [4.69, 9.17) is 4.74 Å². The number of hydrogen-bond acceptors (Lipinski definition) is 5. The third-order valence-corrected chi connectivity index (χ3v) is 5.03. The van der Waals surface area contributed by atoms with E-state index < -0.39 is 27.4 Å². The molecule has 0 aliphatic heterocycles. The van der Waals surface area contributed by atoms with Gasteiger partial charge in [-0.3, -0.25) is 4.79 Å². The second kappa shape index (κ2) is 7.63. The van der Waals surface area contributed by atoms with Gasteiger partial charge in [-0.1, -0.05) is 13.3 Å². The maximum absolute atomic E-state index is 12.4. The highest BCUT2D eigenvalue weighted by atomic mass is 32.2. The normalized spacial score (nSPS) is 13.8. The van der Waals surface area contributed by atoms with Gasteiger partial charge in [0.25, 0.3) is 5.91 Å². The third-order valence-electron chi connectivity index (χ3n) is 3.60.